The topological polar surface area (TPSA) is 51.5 Å². The number of fused-ring (bicyclic) bond motifs is 1. The first kappa shape index (κ1) is 12.6. The molecule has 5 heteroatoms. The van der Waals surface area contributed by atoms with Crippen LogP contribution in [-0.2, 0) is 4.74 Å². The average Bonchev–Trinajstić information content (AvgIpc) is 2.76. The lowest BCUT2D eigenvalue weighted by Gasteiger charge is -2.17. The van der Waals surface area contributed by atoms with Gasteiger partial charge in [-0.2, -0.15) is 5.26 Å². The summed E-state index contributed by atoms with van der Waals surface area (Å²) in [5.41, 5.74) is 0.887. The van der Waals surface area contributed by atoms with Crippen LogP contribution in [-0.4, -0.2) is 19.8 Å². The Labute approximate surface area is 116 Å². The summed E-state index contributed by atoms with van der Waals surface area (Å²) in [6, 6.07) is 5.98. The minimum Gasteiger partial charge on any atom is -0.489 e. The molecule has 3 rings (SSSR count). The molecule has 0 radical (unpaired) electrons. The van der Waals surface area contributed by atoms with Crippen LogP contribution in [0.2, 0.25) is 5.02 Å². The molecular weight excluding hydrogens is 266 g/mol. The van der Waals surface area contributed by atoms with Crippen molar-refractivity contribution in [2.45, 2.75) is 18.9 Å². The number of halogens is 1. The van der Waals surface area contributed by atoms with Gasteiger partial charge in [-0.3, -0.25) is 0 Å². The van der Waals surface area contributed by atoms with Gasteiger partial charge in [0.05, 0.1) is 36.3 Å². The molecule has 2 aliphatic rings. The van der Waals surface area contributed by atoms with Crippen molar-refractivity contribution in [1.29, 1.82) is 5.26 Å². The fourth-order valence-corrected chi connectivity index (χ4v) is 2.74. The number of ether oxygens (including phenoxy) is 3. The van der Waals surface area contributed by atoms with Gasteiger partial charge in [0, 0.05) is 13.0 Å². The molecule has 2 aliphatic heterocycles. The summed E-state index contributed by atoms with van der Waals surface area (Å²) in [7, 11) is 0. The molecule has 2 atom stereocenters. The molecule has 1 aromatic rings. The monoisotopic (exact) mass is 279 g/mol. The van der Waals surface area contributed by atoms with Gasteiger partial charge >= 0.3 is 0 Å². The second-order valence-electron chi connectivity index (χ2n) is 4.70. The second kappa shape index (κ2) is 5.28. The van der Waals surface area contributed by atoms with E-state index in [2.05, 4.69) is 6.07 Å². The molecule has 0 bridgehead atoms. The van der Waals surface area contributed by atoms with E-state index in [-0.39, 0.29) is 12.0 Å². The Morgan fingerprint density at radius 1 is 1.21 bits per heavy atom. The van der Waals surface area contributed by atoms with Crippen LogP contribution < -0.4 is 9.47 Å². The lowest BCUT2D eigenvalue weighted by Crippen LogP contribution is -2.06. The molecule has 0 saturated carbocycles. The molecule has 100 valence electrons. The number of hydrogen-bond acceptors (Lipinski definition) is 4. The summed E-state index contributed by atoms with van der Waals surface area (Å²) in [5.74, 6) is 1.11. The Balaban J connectivity index is 1.97. The number of benzene rings is 1. The Morgan fingerprint density at radius 3 is 2.89 bits per heavy atom. The highest BCUT2D eigenvalue weighted by atomic mass is 35.5. The molecule has 2 unspecified atom stereocenters. The Bertz CT molecular complexity index is 526. The average molecular weight is 280 g/mol. The van der Waals surface area contributed by atoms with Crippen LogP contribution in [0.15, 0.2) is 12.1 Å². The van der Waals surface area contributed by atoms with E-state index in [4.69, 9.17) is 31.1 Å². The first-order valence-corrected chi connectivity index (χ1v) is 6.77. The van der Waals surface area contributed by atoms with Gasteiger partial charge in [0.1, 0.15) is 0 Å². The van der Waals surface area contributed by atoms with Crippen LogP contribution in [0.4, 0.5) is 0 Å². The van der Waals surface area contributed by atoms with E-state index < -0.39 is 0 Å². The third-order valence-electron chi connectivity index (χ3n) is 3.41. The van der Waals surface area contributed by atoms with Crippen LogP contribution in [0.25, 0.3) is 0 Å². The highest BCUT2D eigenvalue weighted by Gasteiger charge is 2.31. The number of hydrogen-bond donors (Lipinski definition) is 0. The molecule has 1 saturated heterocycles. The van der Waals surface area contributed by atoms with E-state index in [1.54, 1.807) is 0 Å². The van der Waals surface area contributed by atoms with E-state index in [1.807, 2.05) is 12.1 Å². The third-order valence-corrected chi connectivity index (χ3v) is 3.69. The molecule has 1 fully saturated rings. The van der Waals surface area contributed by atoms with Crippen molar-refractivity contribution < 1.29 is 14.2 Å². The van der Waals surface area contributed by atoms with Gasteiger partial charge in [0.15, 0.2) is 11.5 Å². The van der Waals surface area contributed by atoms with E-state index >= 15 is 0 Å². The van der Waals surface area contributed by atoms with Crippen LogP contribution in [0.3, 0.4) is 0 Å². The fourth-order valence-electron chi connectivity index (χ4n) is 2.47. The number of nitriles is 1. The molecular formula is C14H14ClNO3. The van der Waals surface area contributed by atoms with E-state index in [1.165, 1.54) is 0 Å². The molecule has 1 aromatic carbocycles. The minimum absolute atomic E-state index is 0.124. The normalized spacial score (nSPS) is 25.7. The zero-order valence-electron chi connectivity index (χ0n) is 10.4. The summed E-state index contributed by atoms with van der Waals surface area (Å²) in [6.07, 6.45) is 1.37. The second-order valence-corrected chi connectivity index (χ2v) is 5.10. The van der Waals surface area contributed by atoms with E-state index in [0.717, 1.165) is 18.4 Å². The molecule has 0 N–H and O–H groups in total. The lowest BCUT2D eigenvalue weighted by atomic mass is 9.96. The summed E-state index contributed by atoms with van der Waals surface area (Å²) in [6.45, 7) is 1.82. The first-order valence-electron chi connectivity index (χ1n) is 6.40. The lowest BCUT2D eigenvalue weighted by molar-refractivity contribution is 0.100. The molecule has 4 nitrogen and oxygen atoms in total. The van der Waals surface area contributed by atoms with Crippen molar-refractivity contribution in [2.24, 2.45) is 5.92 Å². The zero-order valence-corrected chi connectivity index (χ0v) is 11.2. The number of nitrogens with zero attached hydrogens (tertiary/aromatic N) is 1. The zero-order chi connectivity index (χ0) is 13.2. The fraction of sp³-hybridized carbons (Fsp3) is 0.500. The van der Waals surface area contributed by atoms with Crippen LogP contribution in [0.5, 0.6) is 11.5 Å². The van der Waals surface area contributed by atoms with Gasteiger partial charge in [-0.15, -0.1) is 0 Å². The maximum absolute atomic E-state index is 9.13. The molecule has 0 amide bonds. The summed E-state index contributed by atoms with van der Waals surface area (Å²) >= 11 is 6.25. The van der Waals surface area contributed by atoms with E-state index in [9.17, 15) is 0 Å². The molecule has 0 aromatic heterocycles. The highest BCUT2D eigenvalue weighted by molar-refractivity contribution is 6.32. The Hall–Kier alpha value is -1.44. The Morgan fingerprint density at radius 2 is 2.05 bits per heavy atom. The maximum atomic E-state index is 9.13. The minimum atomic E-state index is -0.223. The van der Waals surface area contributed by atoms with Gasteiger partial charge in [0.2, 0.25) is 0 Å². The van der Waals surface area contributed by atoms with Crippen molar-refractivity contribution in [3.8, 4) is 17.6 Å². The summed E-state index contributed by atoms with van der Waals surface area (Å²) in [5, 5.41) is 9.65. The Kier molecular flexibility index (Phi) is 3.50. The molecule has 2 heterocycles. The summed E-state index contributed by atoms with van der Waals surface area (Å²) in [4.78, 5) is 0. The number of rotatable bonds is 1. The van der Waals surface area contributed by atoms with Gasteiger partial charge in [-0.05, 0) is 24.1 Å². The first-order chi connectivity index (χ1) is 9.29. The smallest absolute Gasteiger partial charge is 0.179 e. The maximum Gasteiger partial charge on any atom is 0.179 e. The van der Waals surface area contributed by atoms with Crippen molar-refractivity contribution in [1.82, 2.24) is 0 Å². The SMILES string of the molecule is N#CC1CCOC1c1cc(Cl)c2c(c1)OCCCO2. The van der Waals surface area contributed by atoms with E-state index in [0.29, 0.717) is 36.3 Å². The van der Waals surface area contributed by atoms with Crippen molar-refractivity contribution in [3.05, 3.63) is 22.7 Å². The predicted octanol–water partition coefficient (Wildman–Crippen LogP) is 3.10. The quantitative estimate of drug-likeness (QED) is 0.793. The predicted molar refractivity (Wildman–Crippen MR) is 69.5 cm³/mol. The molecule has 19 heavy (non-hydrogen) atoms. The van der Waals surface area contributed by atoms with Gasteiger partial charge in [-0.25, -0.2) is 0 Å². The standard InChI is InChI=1S/C14H14ClNO3/c15-11-6-10(13-9(8-16)2-5-19-13)7-12-14(11)18-4-1-3-17-12/h6-7,9,13H,1-5H2. The highest BCUT2D eigenvalue weighted by Crippen LogP contribution is 2.43. The van der Waals surface area contributed by atoms with Gasteiger partial charge in [0.25, 0.3) is 0 Å². The summed E-state index contributed by atoms with van der Waals surface area (Å²) < 4.78 is 16.9. The van der Waals surface area contributed by atoms with Crippen LogP contribution in [0, 0.1) is 17.2 Å². The van der Waals surface area contributed by atoms with Crippen molar-refractivity contribution in [2.75, 3.05) is 19.8 Å². The van der Waals surface area contributed by atoms with Crippen molar-refractivity contribution >= 4 is 11.6 Å². The molecule has 0 spiro atoms. The van der Waals surface area contributed by atoms with Crippen LogP contribution >= 0.6 is 11.6 Å². The molecule has 0 aliphatic carbocycles. The van der Waals surface area contributed by atoms with Gasteiger partial charge in [-0.1, -0.05) is 11.6 Å². The third kappa shape index (κ3) is 2.36. The van der Waals surface area contributed by atoms with Gasteiger partial charge < -0.3 is 14.2 Å². The van der Waals surface area contributed by atoms with Crippen LogP contribution in [0.1, 0.15) is 24.5 Å². The van der Waals surface area contributed by atoms with Crippen molar-refractivity contribution in [3.63, 3.8) is 0 Å². The largest absolute Gasteiger partial charge is 0.489 e.